The van der Waals surface area contributed by atoms with Crippen molar-refractivity contribution < 1.29 is 5.11 Å². The van der Waals surface area contributed by atoms with Crippen LogP contribution in [0.25, 0.3) is 10.9 Å². The van der Waals surface area contributed by atoms with Crippen LogP contribution in [0.3, 0.4) is 0 Å². The van der Waals surface area contributed by atoms with Crippen LogP contribution in [0.1, 0.15) is 56.4 Å². The van der Waals surface area contributed by atoms with E-state index in [1.54, 1.807) is 0 Å². The molecule has 0 spiro atoms. The number of likely N-dealkylation sites (tertiary alicyclic amines) is 1. The summed E-state index contributed by atoms with van der Waals surface area (Å²) >= 11 is 0. The predicted octanol–water partition coefficient (Wildman–Crippen LogP) is 5.80. The van der Waals surface area contributed by atoms with Gasteiger partial charge in [0.25, 0.3) is 0 Å². The maximum atomic E-state index is 10.2. The fourth-order valence-electron chi connectivity index (χ4n) is 9.41. The van der Waals surface area contributed by atoms with Gasteiger partial charge in [-0.2, -0.15) is 0 Å². The van der Waals surface area contributed by atoms with Gasteiger partial charge in [0.2, 0.25) is 0 Å². The molecule has 7 rings (SSSR count). The standard InChI is InChI=1S/C31H37N3O/c1-19-17-23-26(29(2,3)18-19)27(28-21(13-16-35)20-9-5-7-11-24(20)32-28)30-14-15-34(4)31(23,30)33-25-12-8-6-10-22(25)30/h5-12,17,23,26-27,32-33,35H,13-16,18H2,1-4H3/t23-,26-,27-,30+,31+/m0/s1. The van der Waals surface area contributed by atoms with Gasteiger partial charge < -0.3 is 15.4 Å². The summed E-state index contributed by atoms with van der Waals surface area (Å²) in [6.45, 7) is 8.59. The highest BCUT2D eigenvalue weighted by atomic mass is 16.3. The largest absolute Gasteiger partial charge is 0.396 e. The Bertz CT molecular complexity index is 1370. The van der Waals surface area contributed by atoms with Gasteiger partial charge >= 0.3 is 0 Å². The minimum Gasteiger partial charge on any atom is -0.396 e. The molecule has 0 bridgehead atoms. The minimum absolute atomic E-state index is 0.0306. The minimum atomic E-state index is -0.140. The fourth-order valence-corrected chi connectivity index (χ4v) is 9.41. The van der Waals surface area contributed by atoms with Crippen molar-refractivity contribution in [2.45, 2.75) is 57.0 Å². The third-order valence-corrected chi connectivity index (χ3v) is 10.2. The molecule has 3 N–H and O–H groups in total. The highest BCUT2D eigenvalue weighted by Crippen LogP contribution is 2.75. The highest BCUT2D eigenvalue weighted by molar-refractivity contribution is 5.85. The molecule has 4 heteroatoms. The van der Waals surface area contributed by atoms with Crippen LogP contribution < -0.4 is 5.32 Å². The second-order valence-electron chi connectivity index (χ2n) is 12.3. The molecule has 182 valence electrons. The molecule has 2 fully saturated rings. The number of benzene rings is 2. The molecule has 1 saturated carbocycles. The van der Waals surface area contributed by atoms with E-state index in [9.17, 15) is 5.11 Å². The molecule has 4 aliphatic rings. The highest BCUT2D eigenvalue weighted by Gasteiger charge is 2.78. The van der Waals surface area contributed by atoms with E-state index in [2.05, 4.69) is 97.6 Å². The fraction of sp³-hybridized carbons (Fsp3) is 0.484. The van der Waals surface area contributed by atoms with Gasteiger partial charge in [0.1, 0.15) is 5.66 Å². The van der Waals surface area contributed by atoms with Crippen molar-refractivity contribution in [1.82, 2.24) is 9.88 Å². The lowest BCUT2D eigenvalue weighted by molar-refractivity contribution is 0.0869. The van der Waals surface area contributed by atoms with E-state index in [1.165, 1.54) is 39.0 Å². The number of anilines is 1. The van der Waals surface area contributed by atoms with Crippen LogP contribution in [-0.4, -0.2) is 40.9 Å². The number of aliphatic hydroxyl groups excluding tert-OH is 1. The summed E-state index contributed by atoms with van der Waals surface area (Å²) in [5, 5.41) is 15.6. The molecule has 4 nitrogen and oxygen atoms in total. The number of rotatable bonds is 3. The molecule has 1 aromatic heterocycles. The normalized spacial score (nSPS) is 34.8. The van der Waals surface area contributed by atoms with Crippen molar-refractivity contribution in [1.29, 1.82) is 0 Å². The number of likely N-dealkylation sites (N-methyl/N-ethyl adjacent to an activating group) is 1. The second kappa shape index (κ2) is 7.02. The lowest BCUT2D eigenvalue weighted by atomic mass is 9.59. The molecule has 3 heterocycles. The molecule has 3 aromatic rings. The van der Waals surface area contributed by atoms with Crippen molar-refractivity contribution in [3.05, 3.63) is 77.0 Å². The van der Waals surface area contributed by atoms with Crippen LogP contribution in [0.2, 0.25) is 0 Å². The van der Waals surface area contributed by atoms with Crippen LogP contribution in [0.4, 0.5) is 5.69 Å². The maximum absolute atomic E-state index is 10.2. The summed E-state index contributed by atoms with van der Waals surface area (Å²) in [6, 6.07) is 17.8. The van der Waals surface area contributed by atoms with Crippen molar-refractivity contribution in [2.75, 3.05) is 25.5 Å². The molecule has 2 aliphatic heterocycles. The Morgan fingerprint density at radius 1 is 1.09 bits per heavy atom. The molecule has 0 radical (unpaired) electrons. The van der Waals surface area contributed by atoms with E-state index < -0.39 is 0 Å². The van der Waals surface area contributed by atoms with Crippen molar-refractivity contribution in [3.63, 3.8) is 0 Å². The van der Waals surface area contributed by atoms with Gasteiger partial charge in [0.05, 0.1) is 0 Å². The predicted molar refractivity (Wildman–Crippen MR) is 143 cm³/mol. The Morgan fingerprint density at radius 2 is 1.86 bits per heavy atom. The Hall–Kier alpha value is -2.56. The second-order valence-corrected chi connectivity index (χ2v) is 12.3. The number of nitrogens with one attached hydrogen (secondary N) is 2. The van der Waals surface area contributed by atoms with Crippen LogP contribution >= 0.6 is 0 Å². The maximum Gasteiger partial charge on any atom is 0.108 e. The van der Waals surface area contributed by atoms with Gasteiger partial charge in [0.15, 0.2) is 0 Å². The van der Waals surface area contributed by atoms with E-state index >= 15 is 0 Å². The van der Waals surface area contributed by atoms with E-state index in [-0.39, 0.29) is 23.1 Å². The smallest absolute Gasteiger partial charge is 0.108 e. The quantitative estimate of drug-likeness (QED) is 0.427. The van der Waals surface area contributed by atoms with E-state index in [1.807, 2.05) is 0 Å². The van der Waals surface area contributed by atoms with Gasteiger partial charge in [-0.05, 0) is 67.8 Å². The van der Waals surface area contributed by atoms with Gasteiger partial charge in [0, 0.05) is 52.7 Å². The molecule has 5 atom stereocenters. The van der Waals surface area contributed by atoms with Crippen molar-refractivity contribution >= 4 is 16.6 Å². The number of hydrogen-bond acceptors (Lipinski definition) is 3. The lowest BCUT2D eigenvalue weighted by Crippen LogP contribution is -2.59. The molecular weight excluding hydrogens is 430 g/mol. The summed E-state index contributed by atoms with van der Waals surface area (Å²) in [5.74, 6) is 1.23. The number of para-hydroxylation sites is 2. The number of allylic oxidation sites excluding steroid dienone is 1. The topological polar surface area (TPSA) is 51.3 Å². The lowest BCUT2D eigenvalue weighted by Gasteiger charge is -2.47. The average molecular weight is 468 g/mol. The van der Waals surface area contributed by atoms with Crippen molar-refractivity contribution in [2.24, 2.45) is 17.3 Å². The van der Waals surface area contributed by atoms with Gasteiger partial charge in [-0.25, -0.2) is 0 Å². The Morgan fingerprint density at radius 3 is 2.69 bits per heavy atom. The first-order valence-corrected chi connectivity index (χ1v) is 13.3. The molecule has 2 aliphatic carbocycles. The summed E-state index contributed by atoms with van der Waals surface area (Å²) < 4.78 is 0. The number of hydrogen-bond donors (Lipinski definition) is 3. The number of H-pyrrole nitrogens is 1. The summed E-state index contributed by atoms with van der Waals surface area (Å²) in [4.78, 5) is 6.60. The van der Waals surface area contributed by atoms with E-state index in [0.29, 0.717) is 24.2 Å². The van der Waals surface area contributed by atoms with Crippen molar-refractivity contribution in [3.8, 4) is 0 Å². The van der Waals surface area contributed by atoms with Crippen LogP contribution in [0.5, 0.6) is 0 Å². The van der Waals surface area contributed by atoms with Gasteiger partial charge in [-0.1, -0.05) is 61.9 Å². The van der Waals surface area contributed by atoms with Crippen LogP contribution in [0.15, 0.2) is 60.2 Å². The molecule has 0 amide bonds. The molecular formula is C31H37N3O. The summed E-state index contributed by atoms with van der Waals surface area (Å²) in [6.07, 6.45) is 5.59. The van der Waals surface area contributed by atoms with E-state index in [0.717, 1.165) is 19.4 Å². The number of fused-ring (bicyclic) bond motifs is 3. The summed E-state index contributed by atoms with van der Waals surface area (Å²) in [7, 11) is 2.34. The number of aliphatic hydroxyl groups is 1. The van der Waals surface area contributed by atoms with Crippen LogP contribution in [0, 0.1) is 17.3 Å². The third kappa shape index (κ3) is 2.45. The average Bonchev–Trinajstić information content (AvgIpc) is 3.49. The van der Waals surface area contributed by atoms with Crippen LogP contribution in [-0.2, 0) is 11.8 Å². The Labute approximate surface area is 208 Å². The van der Waals surface area contributed by atoms with E-state index in [4.69, 9.17) is 0 Å². The van der Waals surface area contributed by atoms with Gasteiger partial charge in [-0.15, -0.1) is 0 Å². The zero-order valence-corrected chi connectivity index (χ0v) is 21.4. The van der Waals surface area contributed by atoms with Gasteiger partial charge in [-0.3, -0.25) is 4.90 Å². The SMILES string of the molecule is CC1=C[C@H]2[C@@H]([C@@H](c3[nH]c4ccccc4c3CCO)[C@]34CCN(C)[C@]23Nc2ccccc24)C(C)(C)C1. The number of nitrogens with zero attached hydrogens (tertiary/aromatic N) is 1. The Kier molecular flexibility index (Phi) is 4.35. The number of aromatic nitrogens is 1. The first-order valence-electron chi connectivity index (χ1n) is 13.3. The number of aromatic amines is 1. The third-order valence-electron chi connectivity index (χ3n) is 10.2. The molecule has 1 saturated heterocycles. The summed E-state index contributed by atoms with van der Waals surface area (Å²) in [5.41, 5.74) is 8.19. The monoisotopic (exact) mass is 467 g/mol. The molecule has 2 aromatic carbocycles. The zero-order chi connectivity index (χ0) is 24.2. The Balaban J connectivity index is 1.59. The first-order chi connectivity index (χ1) is 16.8. The molecule has 0 unspecified atom stereocenters. The molecule has 35 heavy (non-hydrogen) atoms. The zero-order valence-electron chi connectivity index (χ0n) is 21.4. The first kappa shape index (κ1) is 21.7.